The largest absolute Gasteiger partial charge is 0.497 e. The van der Waals surface area contributed by atoms with E-state index in [0.29, 0.717) is 6.42 Å². The number of terminal acetylenes is 1. The molecule has 29 heavy (non-hydrogen) atoms. The Morgan fingerprint density at radius 3 is 2.55 bits per heavy atom. The van der Waals surface area contributed by atoms with Crippen molar-refractivity contribution in [3.63, 3.8) is 0 Å². The van der Waals surface area contributed by atoms with Crippen molar-refractivity contribution in [3.05, 3.63) is 65.7 Å². The molecule has 1 aliphatic heterocycles. The van der Waals surface area contributed by atoms with Crippen molar-refractivity contribution in [3.8, 4) is 18.1 Å². The van der Waals surface area contributed by atoms with Crippen molar-refractivity contribution in [1.29, 1.82) is 0 Å². The molecule has 0 saturated carbocycles. The lowest BCUT2D eigenvalue weighted by Crippen LogP contribution is -2.29. The number of hydrogen-bond acceptors (Lipinski definition) is 4. The summed E-state index contributed by atoms with van der Waals surface area (Å²) < 4.78 is 5.23. The summed E-state index contributed by atoms with van der Waals surface area (Å²) in [5, 5.41) is 8.68. The molecule has 2 aromatic rings. The van der Waals surface area contributed by atoms with Crippen molar-refractivity contribution in [2.24, 2.45) is 5.10 Å². The van der Waals surface area contributed by atoms with Crippen LogP contribution < -0.4 is 10.1 Å². The molecule has 1 unspecified atom stereocenters. The lowest BCUT2D eigenvalue weighted by atomic mass is 9.98. The van der Waals surface area contributed by atoms with Crippen LogP contribution in [0.5, 0.6) is 5.75 Å². The van der Waals surface area contributed by atoms with E-state index in [-0.39, 0.29) is 37.2 Å². The number of amides is 2. The molecule has 1 N–H and O–H groups in total. The van der Waals surface area contributed by atoms with E-state index >= 15 is 0 Å². The third-order valence-electron chi connectivity index (χ3n) is 4.73. The van der Waals surface area contributed by atoms with Gasteiger partial charge in [-0.2, -0.15) is 5.10 Å². The highest BCUT2D eigenvalue weighted by atomic mass is 16.5. The Labute approximate surface area is 170 Å². The van der Waals surface area contributed by atoms with E-state index in [1.165, 1.54) is 5.01 Å². The van der Waals surface area contributed by atoms with Crippen LogP contribution in [0.2, 0.25) is 0 Å². The second kappa shape index (κ2) is 9.56. The number of rotatable bonds is 7. The lowest BCUT2D eigenvalue weighted by Gasteiger charge is -2.22. The molecule has 1 atom stereocenters. The molecule has 1 aliphatic rings. The summed E-state index contributed by atoms with van der Waals surface area (Å²) in [6.45, 7) is 0.154. The number of nitrogens with zero attached hydrogens (tertiary/aromatic N) is 2. The van der Waals surface area contributed by atoms with E-state index in [0.717, 1.165) is 22.6 Å². The predicted octanol–water partition coefficient (Wildman–Crippen LogP) is 2.90. The molecule has 0 bridgehead atoms. The molecule has 2 aromatic carbocycles. The molecule has 0 fully saturated rings. The Hall–Kier alpha value is -3.59. The van der Waals surface area contributed by atoms with Crippen molar-refractivity contribution in [1.82, 2.24) is 10.3 Å². The van der Waals surface area contributed by atoms with Gasteiger partial charge >= 0.3 is 0 Å². The smallest absolute Gasteiger partial charge is 0.243 e. The number of nitrogens with one attached hydrogen (secondary N) is 1. The maximum absolute atomic E-state index is 12.9. The number of hydrogen-bond donors (Lipinski definition) is 1. The van der Waals surface area contributed by atoms with Crippen LogP contribution >= 0.6 is 0 Å². The molecule has 6 heteroatoms. The van der Waals surface area contributed by atoms with Gasteiger partial charge in [0, 0.05) is 19.3 Å². The van der Waals surface area contributed by atoms with Crippen LogP contribution in [0.3, 0.4) is 0 Å². The molecule has 2 amide bonds. The van der Waals surface area contributed by atoms with E-state index in [2.05, 4.69) is 16.3 Å². The van der Waals surface area contributed by atoms with Crippen molar-refractivity contribution in [2.75, 3.05) is 13.7 Å². The van der Waals surface area contributed by atoms with Crippen LogP contribution in [0.1, 0.15) is 36.4 Å². The number of methoxy groups -OCH3 is 1. The molecular weight excluding hydrogens is 366 g/mol. The SMILES string of the molecule is C#CCNC(=O)CCC(=O)N1N=C(c2ccccc2)CC1c1ccc(OC)cc1. The van der Waals surface area contributed by atoms with Gasteiger partial charge in [0.25, 0.3) is 0 Å². The zero-order chi connectivity index (χ0) is 20.6. The lowest BCUT2D eigenvalue weighted by molar-refractivity contribution is -0.135. The third-order valence-corrected chi connectivity index (χ3v) is 4.73. The average Bonchev–Trinajstić information content (AvgIpc) is 3.22. The molecule has 3 rings (SSSR count). The summed E-state index contributed by atoms with van der Waals surface area (Å²) in [7, 11) is 1.61. The van der Waals surface area contributed by atoms with Gasteiger partial charge in [-0.05, 0) is 23.3 Å². The highest BCUT2D eigenvalue weighted by Gasteiger charge is 2.33. The molecule has 0 aromatic heterocycles. The fraction of sp³-hybridized carbons (Fsp3) is 0.261. The number of ether oxygens (including phenoxy) is 1. The molecule has 1 heterocycles. The van der Waals surface area contributed by atoms with E-state index in [1.807, 2.05) is 54.6 Å². The van der Waals surface area contributed by atoms with Crippen LogP contribution in [0.4, 0.5) is 0 Å². The summed E-state index contributed by atoms with van der Waals surface area (Å²) in [6, 6.07) is 17.2. The van der Waals surface area contributed by atoms with Crippen LogP contribution in [0, 0.1) is 12.3 Å². The van der Waals surface area contributed by atoms with E-state index in [4.69, 9.17) is 11.2 Å². The summed E-state index contributed by atoms with van der Waals surface area (Å²) in [6.07, 6.45) is 5.88. The quantitative estimate of drug-likeness (QED) is 0.740. The first-order valence-electron chi connectivity index (χ1n) is 9.41. The number of carbonyl (C=O) groups excluding carboxylic acids is 2. The topological polar surface area (TPSA) is 71.0 Å². The molecule has 6 nitrogen and oxygen atoms in total. The molecule has 0 aliphatic carbocycles. The molecular formula is C23H23N3O3. The predicted molar refractivity (Wildman–Crippen MR) is 111 cm³/mol. The Kier molecular flexibility index (Phi) is 6.64. The third kappa shape index (κ3) is 5.02. The van der Waals surface area contributed by atoms with Gasteiger partial charge in [0.05, 0.1) is 25.4 Å². The normalized spacial score (nSPS) is 15.4. The maximum Gasteiger partial charge on any atom is 0.243 e. The van der Waals surface area contributed by atoms with E-state index < -0.39 is 0 Å². The van der Waals surface area contributed by atoms with Gasteiger partial charge in [-0.3, -0.25) is 9.59 Å². The van der Waals surface area contributed by atoms with Gasteiger partial charge in [-0.25, -0.2) is 5.01 Å². The van der Waals surface area contributed by atoms with Crippen LogP contribution in [0.25, 0.3) is 0 Å². The first kappa shape index (κ1) is 20.2. The van der Waals surface area contributed by atoms with Crippen LogP contribution in [-0.2, 0) is 9.59 Å². The summed E-state index contributed by atoms with van der Waals surface area (Å²) in [5.74, 6) is 2.65. The Bertz CT molecular complexity index is 930. The fourth-order valence-corrected chi connectivity index (χ4v) is 3.20. The zero-order valence-corrected chi connectivity index (χ0v) is 16.3. The van der Waals surface area contributed by atoms with Gasteiger partial charge < -0.3 is 10.1 Å². The Morgan fingerprint density at radius 1 is 1.17 bits per heavy atom. The second-order valence-corrected chi connectivity index (χ2v) is 6.62. The highest BCUT2D eigenvalue weighted by Crippen LogP contribution is 2.34. The van der Waals surface area contributed by atoms with Crippen LogP contribution in [0.15, 0.2) is 59.7 Å². The van der Waals surface area contributed by atoms with E-state index in [9.17, 15) is 9.59 Å². The van der Waals surface area contributed by atoms with Crippen LogP contribution in [-0.4, -0.2) is 36.2 Å². The maximum atomic E-state index is 12.9. The molecule has 0 saturated heterocycles. The molecule has 0 radical (unpaired) electrons. The first-order valence-corrected chi connectivity index (χ1v) is 9.41. The monoisotopic (exact) mass is 389 g/mol. The van der Waals surface area contributed by atoms with Gasteiger partial charge in [0.2, 0.25) is 11.8 Å². The standard InChI is InChI=1S/C23H23N3O3/c1-3-15-24-22(27)13-14-23(28)26-21(18-9-11-19(29-2)12-10-18)16-20(25-26)17-7-5-4-6-8-17/h1,4-12,21H,13-16H2,2H3,(H,24,27). The van der Waals surface area contributed by atoms with Gasteiger partial charge in [-0.1, -0.05) is 48.4 Å². The fourth-order valence-electron chi connectivity index (χ4n) is 3.20. The Balaban J connectivity index is 1.79. The first-order chi connectivity index (χ1) is 14.1. The minimum atomic E-state index is -0.247. The van der Waals surface area contributed by atoms with Crippen molar-refractivity contribution < 1.29 is 14.3 Å². The van der Waals surface area contributed by atoms with Crippen molar-refractivity contribution >= 4 is 17.5 Å². The summed E-state index contributed by atoms with van der Waals surface area (Å²) >= 11 is 0. The average molecular weight is 389 g/mol. The second-order valence-electron chi connectivity index (χ2n) is 6.62. The molecule has 0 spiro atoms. The summed E-state index contributed by atoms with van der Waals surface area (Å²) in [4.78, 5) is 24.7. The van der Waals surface area contributed by atoms with Crippen molar-refractivity contribution in [2.45, 2.75) is 25.3 Å². The van der Waals surface area contributed by atoms with Gasteiger partial charge in [0.1, 0.15) is 5.75 Å². The number of carbonyl (C=O) groups is 2. The zero-order valence-electron chi connectivity index (χ0n) is 16.3. The van der Waals surface area contributed by atoms with E-state index in [1.54, 1.807) is 7.11 Å². The van der Waals surface area contributed by atoms with Gasteiger partial charge in [-0.15, -0.1) is 6.42 Å². The number of hydrazone groups is 1. The van der Waals surface area contributed by atoms with Gasteiger partial charge in [0.15, 0.2) is 0 Å². The molecule has 148 valence electrons. The minimum Gasteiger partial charge on any atom is -0.497 e. The number of benzene rings is 2. The minimum absolute atomic E-state index is 0.0641. The highest BCUT2D eigenvalue weighted by molar-refractivity contribution is 6.03. The summed E-state index contributed by atoms with van der Waals surface area (Å²) in [5.41, 5.74) is 2.79. The Morgan fingerprint density at radius 2 is 1.90 bits per heavy atom.